The topological polar surface area (TPSA) is 229 Å². The van der Waals surface area contributed by atoms with Crippen LogP contribution in [0.15, 0.2) is 173 Å². The molecule has 0 spiro atoms. The van der Waals surface area contributed by atoms with Crippen LogP contribution in [0.3, 0.4) is 0 Å². The van der Waals surface area contributed by atoms with E-state index in [1.54, 1.807) is 19.1 Å². The van der Waals surface area contributed by atoms with Crippen molar-refractivity contribution in [3.8, 4) is 50.9 Å². The van der Waals surface area contributed by atoms with E-state index >= 15 is 0 Å². The normalized spacial score (nSPS) is 11.1. The van der Waals surface area contributed by atoms with Crippen molar-refractivity contribution in [3.63, 3.8) is 0 Å². The van der Waals surface area contributed by atoms with Gasteiger partial charge in [-0.25, -0.2) is 21.5 Å². The Balaban J connectivity index is 0.000000202. The van der Waals surface area contributed by atoms with Gasteiger partial charge in [-0.05, 0) is 91.3 Å². The van der Waals surface area contributed by atoms with Gasteiger partial charge < -0.3 is 13.3 Å². The molecule has 0 N–H and O–H groups in total. The molecule has 0 saturated heterocycles. The largest absolute Gasteiger partial charge is 0.726 e. The summed E-state index contributed by atoms with van der Waals surface area (Å²) in [5, 5.41) is 4.65. The third-order valence-electron chi connectivity index (χ3n) is 12.0. The Morgan fingerprint density at radius 2 is 0.975 bits per heavy atom. The molecule has 24 heteroatoms. The van der Waals surface area contributed by atoms with E-state index in [4.69, 9.17) is 27.4 Å². The smallest absolute Gasteiger partial charge is 0.340 e. The van der Waals surface area contributed by atoms with Gasteiger partial charge in [-0.1, -0.05) is 138 Å². The number of halogens is 3. The molecule has 0 atom stereocenters. The first-order valence-corrected chi connectivity index (χ1v) is 29.3. The summed E-state index contributed by atoms with van der Waals surface area (Å²) in [4.78, 5) is 13.0. The maximum Gasteiger partial charge on any atom is 0.340 e. The van der Waals surface area contributed by atoms with Gasteiger partial charge in [0, 0.05) is 34.9 Å². The molecule has 3 aromatic heterocycles. The Kier molecular flexibility index (Phi) is 22.4. The summed E-state index contributed by atoms with van der Waals surface area (Å²) in [6.07, 6.45) is 0. The molecule has 9 rings (SSSR count). The fourth-order valence-electron chi connectivity index (χ4n) is 8.04. The van der Waals surface area contributed by atoms with E-state index in [9.17, 15) is 39.2 Å². The molecular weight excluding hydrogens is 1200 g/mol. The highest BCUT2D eigenvalue weighted by atomic mass is 79.9. The molecule has 0 radical (unpaired) electrons. The van der Waals surface area contributed by atoms with Gasteiger partial charge >= 0.3 is 10.1 Å². The molecule has 0 aliphatic rings. The molecule has 80 heavy (non-hydrogen) atoms. The number of benzene rings is 6. The van der Waals surface area contributed by atoms with Crippen LogP contribution in [0, 0.1) is 20.8 Å². The summed E-state index contributed by atoms with van der Waals surface area (Å²) in [6.45, 7) is 5.64. The fourth-order valence-corrected chi connectivity index (χ4v) is 10.3. The lowest BCUT2D eigenvalue weighted by Gasteiger charge is -2.10. The van der Waals surface area contributed by atoms with E-state index < -0.39 is 36.7 Å². The molecule has 18 nitrogen and oxygen atoms in total. The first-order chi connectivity index (χ1) is 37.6. The standard InChI is InChI=1S/C19H16Cl2N2O4S.C18H19N2.C17H16BrN2.2CH4O4S/c1-11-4-7-14(8-5-11)28(25,26)27-19-17(12(2)22-23(19)3)18(24)13-6-9-15(20)16(21)10-13;1-14-17(15-10-6-4-7-11-15)19(2)20(3)18(14)16-12-8-5-9-13-16;1-19-16(13-9-5-3-6-10-13)15(18)17(20(19)2)14-11-7-4-8-12-14;2*1-5-6(2,3)4/h4-10H,1-3H3;4-13H,1-3H3;3-12H,1-2H3;2*1H3,(H,2,3,4)/q;2*+1;;/p-2. The second-order valence-corrected chi connectivity index (χ2v) is 22.7. The summed E-state index contributed by atoms with van der Waals surface area (Å²) >= 11 is 15.7. The number of hydrogen-bond donors (Lipinski definition) is 0. The number of carbonyl (C=O) groups excluding carboxylic acids is 1. The number of ketones is 1. The second-order valence-electron chi connectivity index (χ2n) is 17.2. The lowest BCUT2D eigenvalue weighted by molar-refractivity contribution is -0.740. The van der Waals surface area contributed by atoms with Crippen molar-refractivity contribution in [1.82, 2.24) is 19.1 Å². The third-order valence-corrected chi connectivity index (χ3v) is 15.5. The van der Waals surface area contributed by atoms with Gasteiger partial charge in [-0.2, -0.15) is 22.9 Å². The Labute approximate surface area is 485 Å². The third kappa shape index (κ3) is 16.6. The molecule has 3 heterocycles. The van der Waals surface area contributed by atoms with Crippen molar-refractivity contribution < 1.29 is 61.1 Å². The number of aryl methyl sites for hydroxylation is 3. The van der Waals surface area contributed by atoms with Crippen LogP contribution in [0.4, 0.5) is 0 Å². The molecule has 0 bridgehead atoms. The average molecular weight is 1250 g/mol. The first kappa shape index (κ1) is 64.0. The van der Waals surface area contributed by atoms with Crippen LogP contribution < -0.4 is 13.5 Å². The van der Waals surface area contributed by atoms with Crippen LogP contribution in [0.25, 0.3) is 45.0 Å². The van der Waals surface area contributed by atoms with Crippen molar-refractivity contribution in [3.05, 3.63) is 206 Å². The molecule has 422 valence electrons. The van der Waals surface area contributed by atoms with Crippen LogP contribution in [0.2, 0.25) is 10.0 Å². The molecular formula is C56H57BrCl2N6O12S3. The van der Waals surface area contributed by atoms with E-state index in [0.717, 1.165) is 24.3 Å². The Morgan fingerprint density at radius 3 is 1.41 bits per heavy atom. The second kappa shape index (κ2) is 28.0. The highest BCUT2D eigenvalue weighted by Gasteiger charge is 2.30. The Morgan fingerprint density at radius 1 is 0.575 bits per heavy atom. The zero-order chi connectivity index (χ0) is 59.3. The maximum atomic E-state index is 13.0. The monoisotopic (exact) mass is 1250 g/mol. The molecule has 6 aromatic carbocycles. The van der Waals surface area contributed by atoms with Crippen molar-refractivity contribution in [2.45, 2.75) is 25.7 Å². The molecule has 0 aliphatic carbocycles. The van der Waals surface area contributed by atoms with Gasteiger partial charge in [0.25, 0.3) is 5.69 Å². The molecule has 0 saturated carbocycles. The molecule has 0 aliphatic heterocycles. The summed E-state index contributed by atoms with van der Waals surface area (Å²) in [6, 6.07) is 52.6. The van der Waals surface area contributed by atoms with Gasteiger partial charge in [0.1, 0.15) is 26.3 Å². The van der Waals surface area contributed by atoms with E-state index in [1.807, 2.05) is 19.1 Å². The van der Waals surface area contributed by atoms with Crippen LogP contribution >= 0.6 is 39.1 Å². The van der Waals surface area contributed by atoms with Gasteiger partial charge in [0.2, 0.25) is 32.4 Å². The zero-order valence-electron chi connectivity index (χ0n) is 45.0. The van der Waals surface area contributed by atoms with E-state index in [0.29, 0.717) is 10.7 Å². The minimum Gasteiger partial charge on any atom is -0.726 e. The van der Waals surface area contributed by atoms with Crippen molar-refractivity contribution in [1.29, 1.82) is 0 Å². The highest BCUT2D eigenvalue weighted by molar-refractivity contribution is 9.10. The van der Waals surface area contributed by atoms with Crippen LogP contribution in [0.5, 0.6) is 5.88 Å². The van der Waals surface area contributed by atoms with Crippen LogP contribution in [0.1, 0.15) is 32.7 Å². The predicted molar refractivity (Wildman–Crippen MR) is 308 cm³/mol. The van der Waals surface area contributed by atoms with Gasteiger partial charge in [0.05, 0.1) is 49.6 Å². The minimum atomic E-state index is -4.41. The summed E-state index contributed by atoms with van der Waals surface area (Å²) in [7, 11) is -1.47. The van der Waals surface area contributed by atoms with E-state index in [2.05, 4.69) is 192 Å². The first-order valence-electron chi connectivity index (χ1n) is 23.7. The SMILES string of the molecule is COS(=O)(=O)[O-].COS(=O)(=O)[O-].Cc1c(-c2ccccc2)n(C)[n+](C)c1-c1ccccc1.Cc1ccc(S(=O)(=O)Oc2c(C(=O)c3ccc(Cl)c(Cl)c3)c(C)nn2C)cc1.Cn1c(-c2ccccc2)c(Br)c(-c2ccccc2)[n+]1C. The Hall–Kier alpha value is -6.83. The fraction of sp³-hybridized carbons (Fsp3) is 0.179. The van der Waals surface area contributed by atoms with Crippen molar-refractivity contribution in [2.24, 2.45) is 35.2 Å². The van der Waals surface area contributed by atoms with Crippen LogP contribution in [-0.4, -0.2) is 73.5 Å². The summed E-state index contributed by atoms with van der Waals surface area (Å²) in [5.74, 6) is -0.646. The predicted octanol–water partition coefficient (Wildman–Crippen LogP) is 9.97. The summed E-state index contributed by atoms with van der Waals surface area (Å²) in [5.41, 5.74) is 12.7. The minimum absolute atomic E-state index is 0.0233. The highest BCUT2D eigenvalue weighted by Crippen LogP contribution is 2.35. The van der Waals surface area contributed by atoms with Crippen molar-refractivity contribution in [2.75, 3.05) is 14.2 Å². The average Bonchev–Trinajstić information content (AvgIpc) is 3.96. The number of carbonyl (C=O) groups is 1. The zero-order valence-corrected chi connectivity index (χ0v) is 50.6. The van der Waals surface area contributed by atoms with Crippen LogP contribution in [-0.2, 0) is 74.5 Å². The van der Waals surface area contributed by atoms with E-state index in [-0.39, 0.29) is 26.9 Å². The Bertz CT molecular complexity index is 3630. The van der Waals surface area contributed by atoms with Crippen molar-refractivity contribution >= 4 is 75.8 Å². The van der Waals surface area contributed by atoms with Gasteiger partial charge in [-0.3, -0.25) is 13.2 Å². The van der Waals surface area contributed by atoms with Gasteiger partial charge in [-0.15, -0.1) is 9.36 Å². The number of hydrogen-bond acceptors (Lipinski definition) is 13. The summed E-state index contributed by atoms with van der Waals surface area (Å²) < 4.78 is 104. The molecule has 0 unspecified atom stereocenters. The molecule has 0 amide bonds. The lowest BCUT2D eigenvalue weighted by atomic mass is 10.0. The lowest BCUT2D eigenvalue weighted by Crippen LogP contribution is -2.39. The van der Waals surface area contributed by atoms with E-state index in [1.165, 1.54) is 92.7 Å². The van der Waals surface area contributed by atoms with Gasteiger partial charge in [0.15, 0.2) is 19.9 Å². The number of nitrogens with zero attached hydrogens (tertiary/aromatic N) is 6. The quantitative estimate of drug-likeness (QED) is 0.0386. The molecule has 0 fully saturated rings. The number of rotatable bonds is 11. The number of aromatic nitrogens is 6. The maximum absolute atomic E-state index is 13.0. The molecule has 9 aromatic rings.